The molecule has 0 amide bonds. The molecule has 0 radical (unpaired) electrons. The fourth-order valence-corrected chi connectivity index (χ4v) is 3.37. The fourth-order valence-electron chi connectivity index (χ4n) is 3.06. The molecule has 1 N–H and O–H groups in total. The minimum Gasteiger partial charge on any atom is -0.357 e. The Hall–Kier alpha value is -1.88. The van der Waals surface area contributed by atoms with Crippen molar-refractivity contribution < 1.29 is 0 Å². The number of hydrogen-bond acceptors (Lipinski definition) is 2. The first-order valence-corrected chi connectivity index (χ1v) is 8.07. The van der Waals surface area contributed by atoms with E-state index in [2.05, 4.69) is 58.1 Å². The number of thiocarbonyl (C=S) groups is 1. The quantitative estimate of drug-likeness (QED) is 0.879. The molecule has 0 aliphatic carbocycles. The molecule has 1 aliphatic heterocycles. The largest absolute Gasteiger partial charge is 0.357 e. The molecule has 116 valence electrons. The van der Waals surface area contributed by atoms with Crippen LogP contribution in [0.15, 0.2) is 42.9 Å². The van der Waals surface area contributed by atoms with Crippen molar-refractivity contribution in [2.45, 2.75) is 25.9 Å². The predicted octanol–water partition coefficient (Wildman–Crippen LogP) is 3.05. The van der Waals surface area contributed by atoms with E-state index in [4.69, 9.17) is 12.2 Å². The molecule has 5 heteroatoms. The van der Waals surface area contributed by atoms with Crippen LogP contribution in [0, 0.1) is 5.92 Å². The van der Waals surface area contributed by atoms with Gasteiger partial charge in [-0.1, -0.05) is 19.9 Å². The molecule has 1 aliphatic rings. The molecule has 22 heavy (non-hydrogen) atoms. The van der Waals surface area contributed by atoms with Crippen molar-refractivity contribution in [2.24, 2.45) is 13.0 Å². The molecule has 0 aromatic carbocycles. The molecule has 0 spiro atoms. The van der Waals surface area contributed by atoms with Crippen LogP contribution in [0.5, 0.6) is 0 Å². The molecule has 1 fully saturated rings. The lowest BCUT2D eigenvalue weighted by atomic mass is 9.98. The minimum absolute atomic E-state index is 0.0925. The van der Waals surface area contributed by atoms with Crippen LogP contribution in [0.2, 0.25) is 0 Å². The summed E-state index contributed by atoms with van der Waals surface area (Å²) in [5.41, 5.74) is 2.30. The number of rotatable bonds is 4. The zero-order valence-corrected chi connectivity index (χ0v) is 14.0. The van der Waals surface area contributed by atoms with Gasteiger partial charge in [-0.2, -0.15) is 0 Å². The van der Waals surface area contributed by atoms with E-state index in [1.165, 1.54) is 5.56 Å². The molecular weight excluding hydrogens is 292 g/mol. The molecule has 0 unspecified atom stereocenters. The number of aromatic nitrogens is 2. The summed E-state index contributed by atoms with van der Waals surface area (Å²) >= 11 is 5.60. The summed E-state index contributed by atoms with van der Waals surface area (Å²) in [6, 6.07) is 8.49. The third-order valence-corrected chi connectivity index (χ3v) is 4.31. The highest BCUT2D eigenvalue weighted by atomic mass is 32.1. The van der Waals surface area contributed by atoms with Crippen LogP contribution < -0.4 is 5.32 Å². The molecule has 0 bridgehead atoms. The average Bonchev–Trinajstić information content (AvgIpc) is 3.04. The topological polar surface area (TPSA) is 33.1 Å². The van der Waals surface area contributed by atoms with Crippen molar-refractivity contribution in [2.75, 3.05) is 6.54 Å². The first-order chi connectivity index (χ1) is 10.6. The Kier molecular flexibility index (Phi) is 4.16. The standard InChI is InChI=1S/C17H22N4S/c1-12(2)10-21-16(13-7-9-20(3)11-13)15(19-17(21)22)14-6-4-5-8-18-14/h4-9,11-12,15-16H,10H2,1-3H3,(H,19,22)/t15-,16+/m1/s1. The maximum Gasteiger partial charge on any atom is 0.170 e. The highest BCUT2D eigenvalue weighted by Crippen LogP contribution is 2.38. The van der Waals surface area contributed by atoms with E-state index in [1.807, 2.05) is 25.4 Å². The van der Waals surface area contributed by atoms with Crippen LogP contribution in [-0.4, -0.2) is 26.1 Å². The Balaban J connectivity index is 2.00. The summed E-state index contributed by atoms with van der Waals surface area (Å²) in [6.07, 6.45) is 6.09. The van der Waals surface area contributed by atoms with Crippen molar-refractivity contribution in [3.63, 3.8) is 0 Å². The van der Waals surface area contributed by atoms with Gasteiger partial charge in [0.25, 0.3) is 0 Å². The number of pyridine rings is 1. The maximum absolute atomic E-state index is 5.60. The molecule has 4 nitrogen and oxygen atoms in total. The van der Waals surface area contributed by atoms with E-state index < -0.39 is 0 Å². The van der Waals surface area contributed by atoms with Gasteiger partial charge in [-0.05, 0) is 41.9 Å². The highest BCUT2D eigenvalue weighted by Gasteiger charge is 2.40. The summed E-state index contributed by atoms with van der Waals surface area (Å²) in [5, 5.41) is 4.29. The van der Waals surface area contributed by atoms with Gasteiger partial charge in [0.2, 0.25) is 0 Å². The second-order valence-corrected chi connectivity index (χ2v) is 6.67. The first-order valence-electron chi connectivity index (χ1n) is 7.66. The Morgan fingerprint density at radius 3 is 2.73 bits per heavy atom. The summed E-state index contributed by atoms with van der Waals surface area (Å²) in [5.74, 6) is 0.549. The van der Waals surface area contributed by atoms with Gasteiger partial charge in [0.15, 0.2) is 5.11 Å². The van der Waals surface area contributed by atoms with Crippen molar-refractivity contribution in [3.05, 3.63) is 54.1 Å². The smallest absolute Gasteiger partial charge is 0.170 e. The lowest BCUT2D eigenvalue weighted by molar-refractivity contribution is 0.287. The molecular formula is C17H22N4S. The fraction of sp³-hybridized carbons (Fsp3) is 0.412. The maximum atomic E-state index is 5.60. The van der Waals surface area contributed by atoms with Crippen molar-refractivity contribution in [3.8, 4) is 0 Å². The lowest BCUT2D eigenvalue weighted by Gasteiger charge is -2.28. The van der Waals surface area contributed by atoms with Gasteiger partial charge < -0.3 is 14.8 Å². The van der Waals surface area contributed by atoms with Crippen LogP contribution in [0.3, 0.4) is 0 Å². The van der Waals surface area contributed by atoms with Gasteiger partial charge in [-0.3, -0.25) is 4.98 Å². The van der Waals surface area contributed by atoms with Crippen molar-refractivity contribution in [1.82, 2.24) is 19.8 Å². The van der Waals surface area contributed by atoms with E-state index >= 15 is 0 Å². The van der Waals surface area contributed by atoms with Gasteiger partial charge in [-0.25, -0.2) is 0 Å². The van der Waals surface area contributed by atoms with Gasteiger partial charge in [-0.15, -0.1) is 0 Å². The van der Waals surface area contributed by atoms with E-state index in [1.54, 1.807) is 0 Å². The third kappa shape index (κ3) is 2.86. The molecule has 0 saturated carbocycles. The summed E-state index contributed by atoms with van der Waals surface area (Å²) in [6.45, 7) is 5.38. The zero-order chi connectivity index (χ0) is 15.7. The number of nitrogens with zero attached hydrogens (tertiary/aromatic N) is 3. The SMILES string of the molecule is CC(C)CN1C(=S)N[C@H](c2ccccn2)[C@@H]1c1ccn(C)c1. The van der Waals surface area contributed by atoms with Gasteiger partial charge in [0, 0.05) is 32.2 Å². The van der Waals surface area contributed by atoms with Crippen LogP contribution in [0.25, 0.3) is 0 Å². The second-order valence-electron chi connectivity index (χ2n) is 6.28. The van der Waals surface area contributed by atoms with Gasteiger partial charge >= 0.3 is 0 Å². The zero-order valence-electron chi connectivity index (χ0n) is 13.2. The highest BCUT2D eigenvalue weighted by molar-refractivity contribution is 7.80. The van der Waals surface area contributed by atoms with E-state index in [9.17, 15) is 0 Å². The predicted molar refractivity (Wildman–Crippen MR) is 92.4 cm³/mol. The normalized spacial score (nSPS) is 21.5. The Morgan fingerprint density at radius 1 is 1.32 bits per heavy atom. The molecule has 2 aromatic rings. The van der Waals surface area contributed by atoms with Crippen LogP contribution in [0.1, 0.15) is 37.2 Å². The van der Waals surface area contributed by atoms with E-state index in [-0.39, 0.29) is 12.1 Å². The van der Waals surface area contributed by atoms with Crippen molar-refractivity contribution in [1.29, 1.82) is 0 Å². The van der Waals surface area contributed by atoms with Gasteiger partial charge in [0.05, 0.1) is 17.8 Å². The molecule has 3 heterocycles. The molecule has 2 atom stereocenters. The minimum atomic E-state index is 0.0925. The average molecular weight is 314 g/mol. The van der Waals surface area contributed by atoms with Gasteiger partial charge in [0.1, 0.15) is 0 Å². The van der Waals surface area contributed by atoms with Crippen LogP contribution in [-0.2, 0) is 7.05 Å². The summed E-state index contributed by atoms with van der Waals surface area (Å²) < 4.78 is 2.08. The Labute approximate surface area is 137 Å². The third-order valence-electron chi connectivity index (χ3n) is 3.96. The first kappa shape index (κ1) is 15.0. The molecule has 1 saturated heterocycles. The lowest BCUT2D eigenvalue weighted by Crippen LogP contribution is -2.32. The summed E-state index contributed by atoms with van der Waals surface area (Å²) in [4.78, 5) is 6.84. The number of aryl methyl sites for hydroxylation is 1. The summed E-state index contributed by atoms with van der Waals surface area (Å²) in [7, 11) is 2.05. The molecule has 3 rings (SSSR count). The van der Waals surface area contributed by atoms with Crippen molar-refractivity contribution >= 4 is 17.3 Å². The van der Waals surface area contributed by atoms with Crippen LogP contribution in [0.4, 0.5) is 0 Å². The number of nitrogens with one attached hydrogen (secondary N) is 1. The van der Waals surface area contributed by atoms with Crippen LogP contribution >= 0.6 is 12.2 Å². The van der Waals surface area contributed by atoms with E-state index in [0.717, 1.165) is 17.4 Å². The Morgan fingerprint density at radius 2 is 2.14 bits per heavy atom. The Bertz CT molecular complexity index is 650. The van der Waals surface area contributed by atoms with E-state index in [0.29, 0.717) is 5.92 Å². The molecule has 2 aromatic heterocycles. The second kappa shape index (κ2) is 6.08. The monoisotopic (exact) mass is 314 g/mol. The number of hydrogen-bond donors (Lipinski definition) is 1.